The van der Waals surface area contributed by atoms with Gasteiger partial charge < -0.3 is 9.47 Å². The zero-order valence-corrected chi connectivity index (χ0v) is 16.7. The van der Waals surface area contributed by atoms with Crippen LogP contribution in [-0.2, 0) is 15.9 Å². The minimum Gasteiger partial charge on any atom is -0.347 e. The van der Waals surface area contributed by atoms with Gasteiger partial charge in [0, 0.05) is 24.2 Å². The van der Waals surface area contributed by atoms with E-state index in [0.717, 1.165) is 31.5 Å². The number of pyridine rings is 1. The molecule has 1 aromatic heterocycles. The predicted molar refractivity (Wildman–Crippen MR) is 109 cm³/mol. The highest BCUT2D eigenvalue weighted by atomic mass is 16.7. The van der Waals surface area contributed by atoms with Gasteiger partial charge in [-0.15, -0.1) is 0 Å². The molecule has 4 atom stereocenters. The Bertz CT molecular complexity index is 889. The molecule has 2 aromatic rings. The number of nitrogens with zero attached hydrogens (tertiary/aromatic N) is 1. The zero-order valence-electron chi connectivity index (χ0n) is 16.7. The Balaban J connectivity index is 1.33. The molecule has 1 saturated heterocycles. The van der Waals surface area contributed by atoms with Crippen molar-refractivity contribution in [1.82, 2.24) is 4.98 Å². The van der Waals surface area contributed by atoms with E-state index in [1.807, 2.05) is 18.5 Å². The van der Waals surface area contributed by atoms with Gasteiger partial charge in [0.25, 0.3) is 0 Å². The van der Waals surface area contributed by atoms with Crippen LogP contribution in [0.2, 0.25) is 0 Å². The minimum absolute atomic E-state index is 0.192. The maximum Gasteiger partial charge on any atom is 0.174 e. The van der Waals surface area contributed by atoms with Crippen molar-refractivity contribution in [3.8, 4) is 11.1 Å². The molecule has 2 heterocycles. The third-order valence-electron chi connectivity index (χ3n) is 8.52. The molecule has 2 saturated carbocycles. The van der Waals surface area contributed by atoms with Crippen LogP contribution in [0.25, 0.3) is 11.1 Å². The first kappa shape index (κ1) is 17.2. The number of fused-ring (bicyclic) bond motifs is 6. The lowest BCUT2D eigenvalue weighted by atomic mass is 9.54. The third-order valence-corrected chi connectivity index (χ3v) is 8.52. The van der Waals surface area contributed by atoms with Gasteiger partial charge in [-0.25, -0.2) is 0 Å². The van der Waals surface area contributed by atoms with E-state index in [1.165, 1.54) is 43.2 Å². The van der Waals surface area contributed by atoms with Gasteiger partial charge in [0.05, 0.1) is 13.2 Å². The smallest absolute Gasteiger partial charge is 0.174 e. The second kappa shape index (κ2) is 6.14. The highest BCUT2D eigenvalue weighted by Crippen LogP contribution is 2.66. The Morgan fingerprint density at radius 1 is 1.00 bits per heavy atom. The molecule has 3 nitrogen and oxygen atoms in total. The van der Waals surface area contributed by atoms with E-state index in [2.05, 4.69) is 36.2 Å². The summed E-state index contributed by atoms with van der Waals surface area (Å²) in [5.41, 5.74) is 5.89. The predicted octanol–water partition coefficient (Wildman–Crippen LogP) is 5.35. The van der Waals surface area contributed by atoms with Crippen LogP contribution in [0.4, 0.5) is 0 Å². The van der Waals surface area contributed by atoms with Crippen molar-refractivity contribution >= 4 is 0 Å². The fourth-order valence-corrected chi connectivity index (χ4v) is 7.18. The maximum absolute atomic E-state index is 6.26. The first-order valence-corrected chi connectivity index (χ1v) is 11.0. The molecule has 28 heavy (non-hydrogen) atoms. The SMILES string of the molecule is C[C@]12CC[C@@H]3c4ccc(-c5cccnc5)cc4CC[C@H]3[C@@H]1CCC21OCCO1. The Morgan fingerprint density at radius 3 is 2.71 bits per heavy atom. The maximum atomic E-state index is 6.26. The molecule has 0 bridgehead atoms. The molecular formula is C25H29NO2. The van der Waals surface area contributed by atoms with E-state index in [1.54, 1.807) is 11.1 Å². The van der Waals surface area contributed by atoms with Crippen LogP contribution in [0, 0.1) is 17.3 Å². The molecule has 3 fully saturated rings. The van der Waals surface area contributed by atoms with Crippen molar-refractivity contribution in [3.63, 3.8) is 0 Å². The highest BCUT2D eigenvalue weighted by Gasteiger charge is 2.64. The standard InChI is InChI=1S/C25H29NO2/c1-24-10-8-21-20-6-4-17(19-3-2-12-26-16-19)15-18(20)5-7-22(21)23(24)9-11-25(24)27-13-14-28-25/h2-4,6,12,15-16,21-23H,5,7-11,13-14H2,1H3/t21-,22-,23+,24+/m1/s1. The lowest BCUT2D eigenvalue weighted by Crippen LogP contribution is -2.51. The average molecular weight is 376 g/mol. The molecule has 6 rings (SSSR count). The summed E-state index contributed by atoms with van der Waals surface area (Å²) in [6.07, 6.45) is 11.2. The second-order valence-corrected chi connectivity index (χ2v) is 9.52. The van der Waals surface area contributed by atoms with Gasteiger partial charge in [-0.1, -0.05) is 31.2 Å². The van der Waals surface area contributed by atoms with Crippen LogP contribution in [0.1, 0.15) is 56.1 Å². The van der Waals surface area contributed by atoms with Gasteiger partial charge in [0.15, 0.2) is 5.79 Å². The van der Waals surface area contributed by atoms with E-state index in [4.69, 9.17) is 9.47 Å². The van der Waals surface area contributed by atoms with Crippen molar-refractivity contribution in [2.45, 2.75) is 57.2 Å². The molecule has 3 aliphatic carbocycles. The molecule has 1 aromatic carbocycles. The van der Waals surface area contributed by atoms with Crippen LogP contribution in [0.3, 0.4) is 0 Å². The summed E-state index contributed by atoms with van der Waals surface area (Å²) in [6.45, 7) is 4.01. The van der Waals surface area contributed by atoms with Crippen molar-refractivity contribution < 1.29 is 9.47 Å². The van der Waals surface area contributed by atoms with Gasteiger partial charge in [-0.05, 0) is 78.2 Å². The van der Waals surface area contributed by atoms with Gasteiger partial charge in [-0.3, -0.25) is 4.98 Å². The molecular weight excluding hydrogens is 346 g/mol. The van der Waals surface area contributed by atoms with Gasteiger partial charge in [-0.2, -0.15) is 0 Å². The topological polar surface area (TPSA) is 31.4 Å². The number of hydrogen-bond donors (Lipinski definition) is 0. The Kier molecular flexibility index (Phi) is 3.77. The number of aromatic nitrogens is 1. The molecule has 1 aliphatic heterocycles. The van der Waals surface area contributed by atoms with Crippen LogP contribution in [0.5, 0.6) is 0 Å². The summed E-state index contributed by atoms with van der Waals surface area (Å²) < 4.78 is 12.5. The van der Waals surface area contributed by atoms with Gasteiger partial charge in [0.2, 0.25) is 0 Å². The molecule has 0 unspecified atom stereocenters. The monoisotopic (exact) mass is 375 g/mol. The average Bonchev–Trinajstić information content (AvgIpc) is 3.34. The first-order valence-electron chi connectivity index (χ1n) is 11.0. The van der Waals surface area contributed by atoms with Crippen LogP contribution < -0.4 is 0 Å². The summed E-state index contributed by atoms with van der Waals surface area (Å²) in [5.74, 6) is 1.94. The minimum atomic E-state index is -0.285. The van der Waals surface area contributed by atoms with Crippen LogP contribution in [-0.4, -0.2) is 24.0 Å². The summed E-state index contributed by atoms with van der Waals surface area (Å²) in [4.78, 5) is 4.29. The summed E-state index contributed by atoms with van der Waals surface area (Å²) >= 11 is 0. The molecule has 146 valence electrons. The van der Waals surface area contributed by atoms with E-state index in [0.29, 0.717) is 5.92 Å². The van der Waals surface area contributed by atoms with E-state index >= 15 is 0 Å². The third kappa shape index (κ3) is 2.26. The Labute approximate surface area is 167 Å². The number of rotatable bonds is 1. The Morgan fingerprint density at radius 2 is 1.89 bits per heavy atom. The van der Waals surface area contributed by atoms with Crippen molar-refractivity contribution in [2.75, 3.05) is 13.2 Å². The van der Waals surface area contributed by atoms with Crippen molar-refractivity contribution in [1.29, 1.82) is 0 Å². The van der Waals surface area contributed by atoms with Gasteiger partial charge >= 0.3 is 0 Å². The van der Waals surface area contributed by atoms with E-state index < -0.39 is 0 Å². The quantitative estimate of drug-likeness (QED) is 0.673. The fourth-order valence-electron chi connectivity index (χ4n) is 7.18. The zero-order chi connectivity index (χ0) is 18.8. The summed E-state index contributed by atoms with van der Waals surface area (Å²) in [6, 6.07) is 11.3. The Hall–Kier alpha value is -1.71. The largest absolute Gasteiger partial charge is 0.347 e. The number of benzene rings is 1. The second-order valence-electron chi connectivity index (χ2n) is 9.52. The molecule has 4 aliphatic rings. The molecule has 0 N–H and O–H groups in total. The fraction of sp³-hybridized carbons (Fsp3) is 0.560. The molecule has 0 amide bonds. The van der Waals surface area contributed by atoms with E-state index in [-0.39, 0.29) is 11.2 Å². The molecule has 0 radical (unpaired) electrons. The van der Waals surface area contributed by atoms with Crippen molar-refractivity contribution in [2.24, 2.45) is 17.3 Å². The van der Waals surface area contributed by atoms with Gasteiger partial charge in [0.1, 0.15) is 0 Å². The summed E-state index contributed by atoms with van der Waals surface area (Å²) in [7, 11) is 0. The highest BCUT2D eigenvalue weighted by molar-refractivity contribution is 5.64. The van der Waals surface area contributed by atoms with E-state index in [9.17, 15) is 0 Å². The normalized spacial score (nSPS) is 35.4. The van der Waals surface area contributed by atoms with Crippen molar-refractivity contribution in [3.05, 3.63) is 53.9 Å². The lowest BCUT2D eigenvalue weighted by molar-refractivity contribution is -0.237. The lowest BCUT2D eigenvalue weighted by Gasteiger charge is -2.52. The first-order chi connectivity index (χ1) is 13.7. The number of aryl methyl sites for hydroxylation is 1. The molecule has 3 heteroatoms. The summed E-state index contributed by atoms with van der Waals surface area (Å²) in [5, 5.41) is 0. The number of ether oxygens (including phenoxy) is 2. The number of hydrogen-bond acceptors (Lipinski definition) is 3. The van der Waals surface area contributed by atoms with Crippen LogP contribution in [0.15, 0.2) is 42.7 Å². The molecule has 1 spiro atoms. The van der Waals surface area contributed by atoms with Crippen LogP contribution >= 0.6 is 0 Å².